The zero-order valence-electron chi connectivity index (χ0n) is 52.1. The number of rotatable bonds is 32. The van der Waals surface area contributed by atoms with E-state index in [0.717, 1.165) is 44.5 Å². The van der Waals surface area contributed by atoms with Crippen LogP contribution >= 0.6 is 0 Å². The predicted molar refractivity (Wildman–Crippen MR) is 345 cm³/mol. The Morgan fingerprint density at radius 2 is 0.634 bits per heavy atom. The number of carbonyl (C=O) groups is 1. The molecule has 8 aromatic rings. The Labute approximate surface area is 544 Å². The van der Waals surface area contributed by atoms with Crippen LogP contribution in [0, 0.1) is 0 Å². The van der Waals surface area contributed by atoms with Crippen LogP contribution in [0.1, 0.15) is 51.4 Å². The Morgan fingerprint density at radius 1 is 0.333 bits per heavy atom. The highest BCUT2D eigenvalue weighted by atomic mass is 16.8. The SMILES string of the molecule is CC(=O)N[C@@H]1[C@H](O[C@H]2[C@@H](OCc3ccccc3)[C@@H](COCc3ccccc3)O[C@@H](O[C@H]3[C@H](OCc4ccccc4)[C@@H](OCc4ccccc4)[C@H](O)O[C@@H]3COCc3ccccc3)[C@@H]2OCc2ccccc2)O[C@H](COCc2ccccc2)[C@@H](O)[C@@H]1OCc1ccccc1. The van der Waals surface area contributed by atoms with Gasteiger partial charge < -0.3 is 77.1 Å². The van der Waals surface area contributed by atoms with Crippen molar-refractivity contribution in [2.45, 2.75) is 152 Å². The van der Waals surface area contributed by atoms with E-state index in [9.17, 15) is 15.0 Å². The molecule has 0 aromatic heterocycles. The number of aliphatic hydroxyl groups is 2. The lowest BCUT2D eigenvalue weighted by atomic mass is 9.94. The summed E-state index contributed by atoms with van der Waals surface area (Å²) in [7, 11) is 0. The van der Waals surface area contributed by atoms with Gasteiger partial charge in [0.1, 0.15) is 73.2 Å². The summed E-state index contributed by atoms with van der Waals surface area (Å²) in [6, 6.07) is 76.4. The maximum Gasteiger partial charge on any atom is 0.217 e. The van der Waals surface area contributed by atoms with Gasteiger partial charge in [0.15, 0.2) is 18.9 Å². The number of hydrogen-bond acceptors (Lipinski definition) is 16. The Bertz CT molecular complexity index is 3370. The molecule has 93 heavy (non-hydrogen) atoms. The summed E-state index contributed by atoms with van der Waals surface area (Å²) in [6.07, 6.45) is -16.7. The first kappa shape index (κ1) is 67.1. The predicted octanol–water partition coefficient (Wildman–Crippen LogP) is 10.4. The highest BCUT2D eigenvalue weighted by Crippen LogP contribution is 2.38. The molecule has 0 spiro atoms. The number of carbonyl (C=O) groups excluding carboxylic acids is 1. The second-order valence-electron chi connectivity index (χ2n) is 23.4. The van der Waals surface area contributed by atoms with Crippen molar-refractivity contribution < 1.29 is 76.6 Å². The number of amides is 1. The van der Waals surface area contributed by atoms with Crippen molar-refractivity contribution in [3.63, 3.8) is 0 Å². The minimum Gasteiger partial charge on any atom is -0.388 e. The highest BCUT2D eigenvalue weighted by Gasteiger charge is 2.57. The van der Waals surface area contributed by atoms with Crippen LogP contribution < -0.4 is 5.32 Å². The smallest absolute Gasteiger partial charge is 0.217 e. The second-order valence-corrected chi connectivity index (χ2v) is 23.4. The number of aliphatic hydroxyl groups excluding tert-OH is 2. The van der Waals surface area contributed by atoms with Crippen molar-refractivity contribution in [1.82, 2.24) is 5.32 Å². The third-order valence-corrected chi connectivity index (χ3v) is 16.4. The monoisotopic (exact) mass is 1270 g/mol. The van der Waals surface area contributed by atoms with Crippen molar-refractivity contribution in [3.8, 4) is 0 Å². The molecule has 3 N–H and O–H groups in total. The van der Waals surface area contributed by atoms with Gasteiger partial charge in [-0.3, -0.25) is 4.79 Å². The minimum atomic E-state index is -1.52. The lowest BCUT2D eigenvalue weighted by molar-refractivity contribution is -0.387. The van der Waals surface area contributed by atoms with Gasteiger partial charge in [-0.05, 0) is 44.5 Å². The molecule has 0 unspecified atom stereocenters. The van der Waals surface area contributed by atoms with Gasteiger partial charge in [0.05, 0.1) is 72.7 Å². The summed E-state index contributed by atoms with van der Waals surface area (Å²) in [5, 5.41) is 27.9. The molecule has 0 aliphatic carbocycles. The normalized spacial score (nSPS) is 26.3. The van der Waals surface area contributed by atoms with Gasteiger partial charge >= 0.3 is 0 Å². The van der Waals surface area contributed by atoms with Gasteiger partial charge in [0.2, 0.25) is 5.91 Å². The Hall–Kier alpha value is -7.37. The van der Waals surface area contributed by atoms with E-state index >= 15 is 0 Å². The van der Waals surface area contributed by atoms with Crippen molar-refractivity contribution >= 4 is 5.91 Å². The van der Waals surface area contributed by atoms with Gasteiger partial charge in [-0.25, -0.2) is 0 Å². The molecule has 3 heterocycles. The molecule has 15 atom stereocenters. The van der Waals surface area contributed by atoms with Crippen molar-refractivity contribution in [1.29, 1.82) is 0 Å². The standard InChI is InChI=1S/C76H83NO16/c1-53(78)77-65-69(85-46-58-34-18-6-19-35-58)66(79)62(50-81-42-54-26-10-2-11-27-54)90-75(65)93-71-67(84-45-57-32-16-5-17-33-57)63(51-82-43-55-28-12-3-13-29-55)91-76(73(71)88-49-61-40-24-9-25-41-61)92-68-64(52-83-44-56-30-14-4-15-31-56)89-74(80)72(87-48-60-38-22-8-23-39-60)70(68)86-47-59-36-20-7-21-37-59/h2-41,62-76,79-80H,42-52H2,1H3,(H,77,78)/t62-,63-,64-,65+,66-,67+,68-,69-,70+,71+,72-,73-,74-,75+,76+/m1/s1. The van der Waals surface area contributed by atoms with Crippen LogP contribution in [0.4, 0.5) is 0 Å². The lowest BCUT2D eigenvalue weighted by Crippen LogP contribution is -2.69. The van der Waals surface area contributed by atoms with Gasteiger partial charge in [-0.15, -0.1) is 0 Å². The molecule has 3 saturated heterocycles. The van der Waals surface area contributed by atoms with E-state index in [0.29, 0.717) is 0 Å². The molecule has 0 saturated carbocycles. The molecule has 3 aliphatic heterocycles. The first-order valence-electron chi connectivity index (χ1n) is 31.8. The summed E-state index contributed by atoms with van der Waals surface area (Å²) in [5.41, 5.74) is 6.98. The van der Waals surface area contributed by atoms with E-state index in [4.69, 9.17) is 61.6 Å². The number of hydrogen-bond donors (Lipinski definition) is 3. The second kappa shape index (κ2) is 35.2. The summed E-state index contributed by atoms with van der Waals surface area (Å²) < 4.78 is 90.5. The molecular formula is C76H83NO16. The minimum absolute atomic E-state index is 0.0214. The van der Waals surface area contributed by atoms with E-state index < -0.39 is 98.0 Å². The highest BCUT2D eigenvalue weighted by molar-refractivity contribution is 5.73. The van der Waals surface area contributed by atoms with E-state index in [1.807, 2.05) is 243 Å². The zero-order valence-corrected chi connectivity index (χ0v) is 52.1. The van der Waals surface area contributed by atoms with Crippen LogP contribution in [-0.2, 0) is 119 Å². The largest absolute Gasteiger partial charge is 0.388 e. The molecule has 17 heteroatoms. The molecule has 0 bridgehead atoms. The fourth-order valence-electron chi connectivity index (χ4n) is 11.7. The fourth-order valence-corrected chi connectivity index (χ4v) is 11.7. The maximum atomic E-state index is 13.7. The van der Waals surface area contributed by atoms with Crippen molar-refractivity contribution in [3.05, 3.63) is 287 Å². The van der Waals surface area contributed by atoms with E-state index in [2.05, 4.69) is 5.32 Å². The van der Waals surface area contributed by atoms with E-state index in [1.165, 1.54) is 6.92 Å². The Balaban J connectivity index is 1.02. The van der Waals surface area contributed by atoms with Gasteiger partial charge in [-0.1, -0.05) is 243 Å². The molecular weight excluding hydrogens is 1180 g/mol. The first-order valence-corrected chi connectivity index (χ1v) is 31.8. The molecule has 488 valence electrons. The zero-order chi connectivity index (χ0) is 63.8. The molecule has 8 aromatic carbocycles. The number of benzene rings is 8. The van der Waals surface area contributed by atoms with Crippen LogP contribution in [0.15, 0.2) is 243 Å². The number of ether oxygens (including phenoxy) is 13. The quantitative estimate of drug-likeness (QED) is 0.0361. The summed E-state index contributed by atoms with van der Waals surface area (Å²) in [4.78, 5) is 13.7. The van der Waals surface area contributed by atoms with Crippen molar-refractivity contribution in [2.24, 2.45) is 0 Å². The summed E-state index contributed by atoms with van der Waals surface area (Å²) in [5.74, 6) is -0.434. The third-order valence-electron chi connectivity index (χ3n) is 16.4. The van der Waals surface area contributed by atoms with Crippen molar-refractivity contribution in [2.75, 3.05) is 19.8 Å². The average Bonchev–Trinajstić information content (AvgIpc) is 0.907. The van der Waals surface area contributed by atoms with Crippen LogP contribution in [-0.4, -0.2) is 128 Å². The summed E-state index contributed by atoms with van der Waals surface area (Å²) >= 11 is 0. The van der Waals surface area contributed by atoms with Gasteiger partial charge in [0.25, 0.3) is 0 Å². The molecule has 0 radical (unpaired) electrons. The number of nitrogens with one attached hydrogen (secondary N) is 1. The lowest BCUT2D eigenvalue weighted by Gasteiger charge is -2.51. The Morgan fingerprint density at radius 3 is 1.02 bits per heavy atom. The Kier molecular flexibility index (Phi) is 25.4. The third kappa shape index (κ3) is 19.6. The van der Waals surface area contributed by atoms with Crippen LogP contribution in [0.25, 0.3) is 0 Å². The molecule has 3 aliphatic rings. The molecule has 1 amide bonds. The average molecular weight is 1270 g/mol. The summed E-state index contributed by atoms with van der Waals surface area (Å²) in [6.45, 7) is 2.17. The van der Waals surface area contributed by atoms with Gasteiger partial charge in [-0.2, -0.15) is 0 Å². The topological polar surface area (TPSA) is 190 Å². The van der Waals surface area contributed by atoms with Crippen LogP contribution in [0.2, 0.25) is 0 Å². The first-order chi connectivity index (χ1) is 45.8. The van der Waals surface area contributed by atoms with E-state index in [1.54, 1.807) is 0 Å². The fraction of sp³-hybridized carbons (Fsp3) is 0.355. The van der Waals surface area contributed by atoms with Crippen LogP contribution in [0.5, 0.6) is 0 Å². The maximum absolute atomic E-state index is 13.7. The van der Waals surface area contributed by atoms with Crippen LogP contribution in [0.3, 0.4) is 0 Å². The molecule has 3 fully saturated rings. The van der Waals surface area contributed by atoms with Gasteiger partial charge in [0, 0.05) is 6.92 Å². The molecule has 11 rings (SSSR count). The molecule has 17 nitrogen and oxygen atoms in total. The van der Waals surface area contributed by atoms with E-state index in [-0.39, 0.29) is 72.7 Å².